The van der Waals surface area contributed by atoms with Crippen LogP contribution in [0.5, 0.6) is 0 Å². The van der Waals surface area contributed by atoms with Crippen LogP contribution in [-0.4, -0.2) is 0 Å². The minimum atomic E-state index is -0.852. The number of benzene rings is 9. The van der Waals surface area contributed by atoms with Gasteiger partial charge in [-0.3, -0.25) is 0 Å². The molecular formula is C50H37Cl2P2Ru+. The Morgan fingerprint density at radius 1 is 0.291 bits per heavy atom. The number of hydrogen-bond donors (Lipinski definition) is 0. The van der Waals surface area contributed by atoms with Crippen molar-refractivity contribution in [1.29, 1.82) is 0 Å². The molecule has 0 aliphatic heterocycles. The molecule has 0 unspecified atom stereocenters. The summed E-state index contributed by atoms with van der Waals surface area (Å²) in [4.78, 5) is 0. The molecule has 0 aliphatic carbocycles. The van der Waals surface area contributed by atoms with Gasteiger partial charge in [0.1, 0.15) is 0 Å². The van der Waals surface area contributed by atoms with Crippen molar-refractivity contribution in [3.05, 3.63) is 231 Å². The van der Waals surface area contributed by atoms with Crippen molar-refractivity contribution in [1.82, 2.24) is 0 Å². The van der Waals surface area contributed by atoms with E-state index in [0.29, 0.717) is 0 Å². The topological polar surface area (TPSA) is 0 Å². The maximum atomic E-state index is 2.89. The fourth-order valence-corrected chi connectivity index (χ4v) is 11.9. The summed E-state index contributed by atoms with van der Waals surface area (Å²) in [5.74, 6) is 0. The first-order valence-corrected chi connectivity index (χ1v) is 20.3. The van der Waals surface area contributed by atoms with Crippen LogP contribution in [0.25, 0.3) is 32.7 Å². The van der Waals surface area contributed by atoms with Crippen LogP contribution in [0, 0.1) is 6.07 Å². The second-order valence-electron chi connectivity index (χ2n) is 12.5. The van der Waals surface area contributed by atoms with Gasteiger partial charge in [-0.1, -0.05) is 194 Å². The van der Waals surface area contributed by atoms with Crippen molar-refractivity contribution in [3.8, 4) is 11.1 Å². The zero-order chi connectivity index (χ0) is 35.0. The number of hydrogen-bond acceptors (Lipinski definition) is 0. The predicted octanol–water partition coefficient (Wildman–Crippen LogP) is 4.67. The van der Waals surface area contributed by atoms with Gasteiger partial charge in [-0.25, -0.2) is 0 Å². The van der Waals surface area contributed by atoms with Crippen molar-refractivity contribution < 1.29 is 44.3 Å². The normalized spacial score (nSPS) is 10.4. The largest absolute Gasteiger partial charge is 4.00 e. The molecule has 5 heteroatoms. The second kappa shape index (κ2) is 20.5. The second-order valence-corrected chi connectivity index (χ2v) is 16.8. The van der Waals surface area contributed by atoms with Crippen molar-refractivity contribution in [2.45, 2.75) is 0 Å². The molecule has 0 amide bonds. The van der Waals surface area contributed by atoms with E-state index in [1.54, 1.807) is 0 Å². The Labute approximate surface area is 352 Å². The van der Waals surface area contributed by atoms with E-state index in [1.165, 1.54) is 64.5 Å². The van der Waals surface area contributed by atoms with E-state index in [-0.39, 0.29) is 44.3 Å². The zero-order valence-electron chi connectivity index (χ0n) is 29.9. The van der Waals surface area contributed by atoms with Gasteiger partial charge in [0.2, 0.25) is 0 Å². The van der Waals surface area contributed by atoms with Crippen LogP contribution in [0.1, 0.15) is 0 Å². The molecule has 0 fully saturated rings. The monoisotopic (exact) mass is 871 g/mol. The maximum absolute atomic E-state index is 2.89. The summed E-state index contributed by atoms with van der Waals surface area (Å²) in [6, 6.07) is 84.3. The zero-order valence-corrected chi connectivity index (χ0v) is 34.9. The summed E-state index contributed by atoms with van der Waals surface area (Å²) in [6.45, 7) is 0. The van der Waals surface area contributed by atoms with Crippen molar-refractivity contribution in [2.24, 2.45) is 0 Å². The van der Waals surface area contributed by atoms with Crippen LogP contribution in [0.3, 0.4) is 0 Å². The van der Waals surface area contributed by atoms with Crippen LogP contribution in [-0.2, 0) is 19.5 Å². The van der Waals surface area contributed by atoms with Gasteiger partial charge in [-0.2, -0.15) is 36.4 Å². The first-order chi connectivity index (χ1) is 25.9. The molecular weight excluding hydrogens is 834 g/mol. The summed E-state index contributed by atoms with van der Waals surface area (Å²) in [6.07, 6.45) is 0. The van der Waals surface area contributed by atoms with E-state index in [1.807, 2.05) is 30.3 Å². The van der Waals surface area contributed by atoms with Crippen LogP contribution < -0.4 is 56.6 Å². The molecule has 55 heavy (non-hydrogen) atoms. The molecule has 268 valence electrons. The van der Waals surface area contributed by atoms with Crippen LogP contribution in [0.4, 0.5) is 0 Å². The summed E-state index contributed by atoms with van der Waals surface area (Å²) < 4.78 is 0. The van der Waals surface area contributed by atoms with E-state index in [9.17, 15) is 0 Å². The van der Waals surface area contributed by atoms with Crippen molar-refractivity contribution >= 4 is 69.2 Å². The van der Waals surface area contributed by atoms with E-state index < -0.39 is 15.8 Å². The molecule has 0 radical (unpaired) electrons. The summed E-state index contributed by atoms with van der Waals surface area (Å²) in [7, 11) is -1.70. The number of fused-ring (bicyclic) bond motifs is 2. The van der Waals surface area contributed by atoms with Gasteiger partial charge < -0.3 is 24.8 Å². The van der Waals surface area contributed by atoms with Gasteiger partial charge in [-0.05, 0) is 80.3 Å². The maximum Gasteiger partial charge on any atom is 4.00 e. The Balaban J connectivity index is 0.000000591. The van der Waals surface area contributed by atoms with E-state index in [2.05, 4.69) is 200 Å². The molecule has 0 bridgehead atoms. The Kier molecular flexibility index (Phi) is 15.5. The molecule has 9 rings (SSSR count). The van der Waals surface area contributed by atoms with Gasteiger partial charge in [-0.15, -0.1) is 0 Å². The molecule has 0 saturated heterocycles. The van der Waals surface area contributed by atoms with Gasteiger partial charge >= 0.3 is 19.5 Å². The average molecular weight is 872 g/mol. The SMILES string of the molecule is [Cl-].[Cl-].[Ru+4].[c-]1ccccc1.c1ccc(P(c2ccccc2)c2ccc3ccccc3c2-c2c(P(c3ccccc3)c3ccccc3)ccc3ccccc23)cc1. The van der Waals surface area contributed by atoms with E-state index >= 15 is 0 Å². The first kappa shape index (κ1) is 41.7. The van der Waals surface area contributed by atoms with Crippen LogP contribution in [0.15, 0.2) is 224 Å². The third-order valence-electron chi connectivity index (χ3n) is 9.21. The van der Waals surface area contributed by atoms with Gasteiger partial charge in [0, 0.05) is 0 Å². The minimum absolute atomic E-state index is 0. The molecule has 0 aliphatic rings. The van der Waals surface area contributed by atoms with Gasteiger partial charge in [0.15, 0.2) is 0 Å². The fourth-order valence-electron chi connectivity index (χ4n) is 6.92. The summed E-state index contributed by atoms with van der Waals surface area (Å²) in [5, 5.41) is 13.3. The van der Waals surface area contributed by atoms with Gasteiger partial charge in [0.25, 0.3) is 0 Å². The van der Waals surface area contributed by atoms with E-state index in [4.69, 9.17) is 0 Å². The molecule has 0 N–H and O–H groups in total. The molecule has 0 atom stereocenters. The molecule has 9 aromatic rings. The molecule has 0 saturated carbocycles. The minimum Gasteiger partial charge on any atom is -1.00 e. The van der Waals surface area contributed by atoms with Crippen LogP contribution >= 0.6 is 15.8 Å². The molecule has 0 heterocycles. The molecule has 0 aromatic heterocycles. The number of halogens is 2. The standard InChI is InChI=1S/C44H32P2.C6H5.2ClH.Ru/c1-5-19-35(20-6-1)45(36-21-7-2-8-22-36)41-31-29-33-17-13-15-27-39(33)43(41)44-40-28-16-14-18-34(40)30-32-42(44)46(37-23-9-3-10-24-37)38-25-11-4-12-26-38;1-2-4-6-5-3-1;;;/h1-32H;1-5H;2*1H;/q;-1;;;+4/p-2. The number of rotatable bonds is 7. The third kappa shape index (κ3) is 9.34. The molecule has 0 spiro atoms. The Morgan fingerprint density at radius 2 is 0.582 bits per heavy atom. The predicted molar refractivity (Wildman–Crippen MR) is 230 cm³/mol. The Hall–Kier alpha value is -4.44. The quantitative estimate of drug-likeness (QED) is 0.124. The fraction of sp³-hybridized carbons (Fsp3) is 0. The molecule has 0 nitrogen and oxygen atoms in total. The summed E-state index contributed by atoms with van der Waals surface area (Å²) in [5.41, 5.74) is 2.70. The Morgan fingerprint density at radius 3 is 0.873 bits per heavy atom. The smallest absolute Gasteiger partial charge is 1.00 e. The molecule has 9 aromatic carbocycles. The van der Waals surface area contributed by atoms with E-state index in [0.717, 1.165) is 0 Å². The van der Waals surface area contributed by atoms with Crippen molar-refractivity contribution in [3.63, 3.8) is 0 Å². The third-order valence-corrected chi connectivity index (χ3v) is 14.2. The van der Waals surface area contributed by atoms with Gasteiger partial charge in [0.05, 0.1) is 0 Å². The average Bonchev–Trinajstić information content (AvgIpc) is 3.23. The Bertz CT molecular complexity index is 2250. The first-order valence-electron chi connectivity index (χ1n) is 17.6. The van der Waals surface area contributed by atoms with Crippen LogP contribution in [0.2, 0.25) is 0 Å². The van der Waals surface area contributed by atoms with Crippen molar-refractivity contribution in [2.75, 3.05) is 0 Å². The summed E-state index contributed by atoms with van der Waals surface area (Å²) >= 11 is 0.